The standard InChI is InChI=1S/C19H16ClF3N4O/c20-15-9-12(19(21,22)23)10-25-17(15)26-5-7-27(8-6-26)18(28)14-11-24-16-4-2-1-3-13(14)16/h1-4,9-11,24H,5-8H2. The zero-order valence-corrected chi connectivity index (χ0v) is 15.4. The molecule has 0 bridgehead atoms. The molecule has 28 heavy (non-hydrogen) atoms. The van der Waals surface area contributed by atoms with Gasteiger partial charge in [0.05, 0.1) is 16.1 Å². The van der Waals surface area contributed by atoms with Gasteiger partial charge >= 0.3 is 6.18 Å². The lowest BCUT2D eigenvalue weighted by atomic mass is 10.1. The molecule has 1 saturated heterocycles. The number of alkyl halides is 3. The molecule has 1 N–H and O–H groups in total. The molecule has 0 spiro atoms. The quantitative estimate of drug-likeness (QED) is 0.691. The lowest BCUT2D eigenvalue weighted by Crippen LogP contribution is -2.49. The average Bonchev–Trinajstić information content (AvgIpc) is 3.11. The number of amides is 1. The second-order valence-corrected chi connectivity index (χ2v) is 6.96. The average molecular weight is 409 g/mol. The summed E-state index contributed by atoms with van der Waals surface area (Å²) in [5.74, 6) is 0.220. The molecule has 3 heterocycles. The van der Waals surface area contributed by atoms with Gasteiger partial charge in [-0.3, -0.25) is 4.79 Å². The molecule has 1 fully saturated rings. The van der Waals surface area contributed by atoms with Crippen LogP contribution in [0.3, 0.4) is 0 Å². The van der Waals surface area contributed by atoms with Gasteiger partial charge < -0.3 is 14.8 Å². The van der Waals surface area contributed by atoms with Crippen molar-refractivity contribution in [2.45, 2.75) is 6.18 Å². The first-order valence-corrected chi connectivity index (χ1v) is 9.05. The number of nitrogens with zero attached hydrogens (tertiary/aromatic N) is 3. The number of para-hydroxylation sites is 1. The van der Waals surface area contributed by atoms with Crippen molar-refractivity contribution in [2.24, 2.45) is 0 Å². The molecular weight excluding hydrogens is 393 g/mol. The van der Waals surface area contributed by atoms with E-state index in [0.717, 1.165) is 23.2 Å². The van der Waals surface area contributed by atoms with E-state index >= 15 is 0 Å². The van der Waals surface area contributed by atoms with Gasteiger partial charge in [0.15, 0.2) is 0 Å². The number of H-pyrrole nitrogens is 1. The highest BCUT2D eigenvalue weighted by Crippen LogP contribution is 2.33. The first kappa shape index (κ1) is 18.6. The SMILES string of the molecule is O=C(c1c[nH]c2ccccc12)N1CCN(c2ncc(C(F)(F)F)cc2Cl)CC1. The number of piperazine rings is 1. The monoisotopic (exact) mass is 408 g/mol. The molecule has 0 atom stereocenters. The van der Waals surface area contributed by atoms with E-state index in [9.17, 15) is 18.0 Å². The third kappa shape index (κ3) is 3.40. The minimum Gasteiger partial charge on any atom is -0.360 e. The Balaban J connectivity index is 1.47. The summed E-state index contributed by atoms with van der Waals surface area (Å²) in [6, 6.07) is 8.45. The highest BCUT2D eigenvalue weighted by atomic mass is 35.5. The van der Waals surface area contributed by atoms with Gasteiger partial charge in [0.2, 0.25) is 0 Å². The van der Waals surface area contributed by atoms with E-state index in [4.69, 9.17) is 11.6 Å². The lowest BCUT2D eigenvalue weighted by Gasteiger charge is -2.35. The first-order chi connectivity index (χ1) is 13.3. The predicted octanol–water partition coefficient (Wildman–Crippen LogP) is 4.20. The van der Waals surface area contributed by atoms with Gasteiger partial charge in [-0.15, -0.1) is 0 Å². The molecule has 5 nitrogen and oxygen atoms in total. The van der Waals surface area contributed by atoms with E-state index in [1.54, 1.807) is 16.0 Å². The number of aromatic amines is 1. The number of pyridine rings is 1. The van der Waals surface area contributed by atoms with E-state index < -0.39 is 11.7 Å². The molecule has 0 radical (unpaired) electrons. The van der Waals surface area contributed by atoms with Crippen molar-refractivity contribution in [2.75, 3.05) is 31.1 Å². The highest BCUT2D eigenvalue weighted by molar-refractivity contribution is 6.33. The van der Waals surface area contributed by atoms with Crippen LogP contribution in [-0.4, -0.2) is 47.0 Å². The summed E-state index contributed by atoms with van der Waals surface area (Å²) >= 11 is 6.03. The van der Waals surface area contributed by atoms with Crippen molar-refractivity contribution in [3.05, 3.63) is 58.9 Å². The fourth-order valence-corrected chi connectivity index (χ4v) is 3.64. The molecule has 1 aliphatic heterocycles. The van der Waals surface area contributed by atoms with Crippen LogP contribution in [0.2, 0.25) is 5.02 Å². The topological polar surface area (TPSA) is 52.2 Å². The molecule has 0 saturated carbocycles. The summed E-state index contributed by atoms with van der Waals surface area (Å²) in [5, 5.41) is 0.814. The number of fused-ring (bicyclic) bond motifs is 1. The van der Waals surface area contributed by atoms with Crippen molar-refractivity contribution < 1.29 is 18.0 Å². The maximum atomic E-state index is 12.9. The minimum absolute atomic E-state index is 0.0498. The molecule has 1 aromatic carbocycles. The zero-order chi connectivity index (χ0) is 19.9. The van der Waals surface area contributed by atoms with E-state index in [2.05, 4.69) is 9.97 Å². The number of carbonyl (C=O) groups excluding carboxylic acids is 1. The van der Waals surface area contributed by atoms with Crippen LogP contribution in [0.4, 0.5) is 19.0 Å². The van der Waals surface area contributed by atoms with Crippen molar-refractivity contribution in [3.63, 3.8) is 0 Å². The Morgan fingerprint density at radius 2 is 1.86 bits per heavy atom. The number of rotatable bonds is 2. The van der Waals surface area contributed by atoms with Crippen LogP contribution in [0.1, 0.15) is 15.9 Å². The molecule has 1 aliphatic rings. The maximum Gasteiger partial charge on any atom is 0.417 e. The van der Waals surface area contributed by atoms with Crippen molar-refractivity contribution in [1.29, 1.82) is 0 Å². The largest absolute Gasteiger partial charge is 0.417 e. The van der Waals surface area contributed by atoms with Crippen LogP contribution in [0.25, 0.3) is 10.9 Å². The van der Waals surface area contributed by atoms with Crippen LogP contribution < -0.4 is 4.90 Å². The number of hydrogen-bond donors (Lipinski definition) is 1. The fraction of sp³-hybridized carbons (Fsp3) is 0.263. The highest BCUT2D eigenvalue weighted by Gasteiger charge is 2.32. The lowest BCUT2D eigenvalue weighted by molar-refractivity contribution is -0.137. The molecule has 9 heteroatoms. The third-order valence-corrected chi connectivity index (χ3v) is 5.11. The fourth-order valence-electron chi connectivity index (χ4n) is 3.36. The van der Waals surface area contributed by atoms with Crippen LogP contribution in [0.5, 0.6) is 0 Å². The van der Waals surface area contributed by atoms with Crippen LogP contribution >= 0.6 is 11.6 Å². The summed E-state index contributed by atoms with van der Waals surface area (Å²) in [6.45, 7) is 1.73. The normalized spacial score (nSPS) is 15.3. The number of carbonyl (C=O) groups is 1. The van der Waals surface area contributed by atoms with Gasteiger partial charge in [0, 0.05) is 49.5 Å². The summed E-state index contributed by atoms with van der Waals surface area (Å²) in [7, 11) is 0. The molecule has 2 aromatic heterocycles. The summed E-state index contributed by atoms with van der Waals surface area (Å²) < 4.78 is 38.3. The smallest absolute Gasteiger partial charge is 0.360 e. The summed E-state index contributed by atoms with van der Waals surface area (Å²) in [6.07, 6.45) is -2.00. The molecule has 3 aromatic rings. The second kappa shape index (κ2) is 7.01. The van der Waals surface area contributed by atoms with Crippen molar-refractivity contribution >= 4 is 34.2 Å². The Bertz CT molecular complexity index is 1030. The number of nitrogens with one attached hydrogen (secondary N) is 1. The maximum absolute atomic E-state index is 12.9. The third-order valence-electron chi connectivity index (χ3n) is 4.84. The van der Waals surface area contributed by atoms with E-state index in [1.807, 2.05) is 24.3 Å². The second-order valence-electron chi connectivity index (χ2n) is 6.55. The zero-order valence-electron chi connectivity index (χ0n) is 14.6. The Labute approximate surface area is 163 Å². The Morgan fingerprint density at radius 1 is 1.14 bits per heavy atom. The Kier molecular flexibility index (Phi) is 4.66. The van der Waals surface area contributed by atoms with Crippen molar-refractivity contribution in [1.82, 2.24) is 14.9 Å². The van der Waals surface area contributed by atoms with Gasteiger partial charge in [-0.1, -0.05) is 29.8 Å². The number of anilines is 1. The molecule has 0 unspecified atom stereocenters. The van der Waals surface area contributed by atoms with Crippen molar-refractivity contribution in [3.8, 4) is 0 Å². The summed E-state index contributed by atoms with van der Waals surface area (Å²) in [5.41, 5.74) is 0.620. The Morgan fingerprint density at radius 3 is 2.54 bits per heavy atom. The van der Waals surface area contributed by atoms with E-state index in [-0.39, 0.29) is 10.9 Å². The van der Waals surface area contributed by atoms with Gasteiger partial charge in [-0.25, -0.2) is 4.98 Å². The van der Waals surface area contributed by atoms with Crippen LogP contribution in [0, 0.1) is 0 Å². The van der Waals surface area contributed by atoms with Gasteiger partial charge in [-0.05, 0) is 12.1 Å². The number of halogens is 4. The predicted molar refractivity (Wildman–Crippen MR) is 101 cm³/mol. The molecule has 146 valence electrons. The summed E-state index contributed by atoms with van der Waals surface area (Å²) in [4.78, 5) is 23.4. The number of benzene rings is 1. The number of aromatic nitrogens is 2. The van der Waals surface area contributed by atoms with E-state index in [1.165, 1.54) is 0 Å². The van der Waals surface area contributed by atoms with Gasteiger partial charge in [0.1, 0.15) is 5.82 Å². The van der Waals surface area contributed by atoms with Gasteiger partial charge in [0.25, 0.3) is 5.91 Å². The first-order valence-electron chi connectivity index (χ1n) is 8.67. The minimum atomic E-state index is -4.49. The Hall–Kier alpha value is -2.74. The van der Waals surface area contributed by atoms with Crippen LogP contribution in [0.15, 0.2) is 42.7 Å². The number of hydrogen-bond acceptors (Lipinski definition) is 3. The molecule has 4 rings (SSSR count). The molecule has 1 amide bonds. The van der Waals surface area contributed by atoms with E-state index in [0.29, 0.717) is 37.6 Å². The van der Waals surface area contributed by atoms with Crippen LogP contribution in [-0.2, 0) is 6.18 Å². The molecular formula is C19H16ClF3N4O. The molecule has 0 aliphatic carbocycles. The van der Waals surface area contributed by atoms with Gasteiger partial charge in [-0.2, -0.15) is 13.2 Å².